The van der Waals surface area contributed by atoms with Crippen LogP contribution in [-0.4, -0.2) is 30.8 Å². The molecular weight excluding hydrogens is 410 g/mol. The maximum Gasteiger partial charge on any atom is 0.277 e. The lowest BCUT2D eigenvalue weighted by molar-refractivity contribution is -0.123. The zero-order valence-electron chi connectivity index (χ0n) is 18.8. The molecule has 0 atom stereocenters. The van der Waals surface area contributed by atoms with Crippen molar-refractivity contribution in [3.8, 4) is 5.75 Å². The zero-order chi connectivity index (χ0) is 22.6. The van der Waals surface area contributed by atoms with Crippen molar-refractivity contribution in [3.63, 3.8) is 0 Å². The average molecular weight is 440 g/mol. The van der Waals surface area contributed by atoms with Crippen LogP contribution in [0.2, 0.25) is 5.02 Å². The molecule has 0 unspecified atom stereocenters. The van der Waals surface area contributed by atoms with Crippen LogP contribution in [0, 0.1) is 6.92 Å². The van der Waals surface area contributed by atoms with Gasteiger partial charge in [0.05, 0.1) is 11.8 Å². The number of hydrazone groups is 1. The Hall–Kier alpha value is -2.79. The molecule has 6 heteroatoms. The largest absolute Gasteiger partial charge is 0.484 e. The highest BCUT2D eigenvalue weighted by Gasteiger charge is 2.31. The molecule has 0 saturated heterocycles. The first-order valence-electron chi connectivity index (χ1n) is 10.5. The van der Waals surface area contributed by atoms with Gasteiger partial charge in [-0.1, -0.05) is 30.7 Å². The number of fused-ring (bicyclic) bond motifs is 1. The second-order valence-corrected chi connectivity index (χ2v) is 8.83. The maximum atomic E-state index is 12.0. The molecule has 2 aromatic carbocycles. The number of anilines is 1. The van der Waals surface area contributed by atoms with Gasteiger partial charge in [0.15, 0.2) is 6.61 Å². The van der Waals surface area contributed by atoms with Crippen LogP contribution in [0.1, 0.15) is 50.8 Å². The number of carbonyl (C=O) groups excluding carboxylic acids is 1. The van der Waals surface area contributed by atoms with Gasteiger partial charge in [-0.05, 0) is 81.1 Å². The Morgan fingerprint density at radius 2 is 2.03 bits per heavy atom. The van der Waals surface area contributed by atoms with Crippen molar-refractivity contribution in [2.45, 2.75) is 46.6 Å². The number of nitrogens with zero attached hydrogens (tertiary/aromatic N) is 2. The Morgan fingerprint density at radius 3 is 2.74 bits per heavy atom. The fourth-order valence-corrected chi connectivity index (χ4v) is 4.11. The van der Waals surface area contributed by atoms with E-state index in [0.717, 1.165) is 24.1 Å². The van der Waals surface area contributed by atoms with Crippen LogP contribution in [0.4, 0.5) is 5.69 Å². The van der Waals surface area contributed by atoms with Gasteiger partial charge in [0.2, 0.25) is 0 Å². The van der Waals surface area contributed by atoms with E-state index < -0.39 is 0 Å². The van der Waals surface area contributed by atoms with E-state index in [0.29, 0.717) is 10.8 Å². The molecule has 0 aromatic heterocycles. The molecule has 0 bridgehead atoms. The third kappa shape index (κ3) is 5.47. The fourth-order valence-electron chi connectivity index (χ4n) is 3.93. The normalized spacial score (nSPS) is 14.9. The molecule has 31 heavy (non-hydrogen) atoms. The number of aryl methyl sites for hydroxylation is 1. The minimum Gasteiger partial charge on any atom is -0.484 e. The SMILES string of the molecule is CCCN1c2cc(C)c(/C=N/NC(=O)COc3cccc(Cl)c3)cc2C(C)=CC1(C)C. The molecule has 0 fully saturated rings. The first-order valence-corrected chi connectivity index (χ1v) is 10.9. The van der Waals surface area contributed by atoms with Crippen LogP contribution in [0.3, 0.4) is 0 Å². The summed E-state index contributed by atoms with van der Waals surface area (Å²) in [6.45, 7) is 11.8. The second-order valence-electron chi connectivity index (χ2n) is 8.40. The minimum absolute atomic E-state index is 0.0217. The van der Waals surface area contributed by atoms with E-state index in [-0.39, 0.29) is 18.1 Å². The Kier molecular flexibility index (Phi) is 7.06. The topological polar surface area (TPSA) is 53.9 Å². The van der Waals surface area contributed by atoms with Gasteiger partial charge in [-0.25, -0.2) is 5.43 Å². The van der Waals surface area contributed by atoms with Gasteiger partial charge >= 0.3 is 0 Å². The lowest BCUT2D eigenvalue weighted by Gasteiger charge is -2.43. The van der Waals surface area contributed by atoms with E-state index in [1.165, 1.54) is 16.8 Å². The van der Waals surface area contributed by atoms with Gasteiger partial charge in [-0.15, -0.1) is 0 Å². The second kappa shape index (κ2) is 9.56. The van der Waals surface area contributed by atoms with Crippen molar-refractivity contribution < 1.29 is 9.53 Å². The first-order chi connectivity index (χ1) is 14.7. The van der Waals surface area contributed by atoms with Crippen LogP contribution in [0.5, 0.6) is 5.75 Å². The van der Waals surface area contributed by atoms with Crippen LogP contribution in [0.25, 0.3) is 5.57 Å². The van der Waals surface area contributed by atoms with Crippen LogP contribution in [0.15, 0.2) is 47.6 Å². The lowest BCUT2D eigenvalue weighted by Crippen LogP contribution is -2.45. The molecule has 1 heterocycles. The number of amides is 1. The molecule has 1 aliphatic rings. The van der Waals surface area contributed by atoms with Gasteiger partial charge in [-0.3, -0.25) is 4.79 Å². The molecule has 164 valence electrons. The third-order valence-corrected chi connectivity index (χ3v) is 5.61. The Balaban J connectivity index is 1.70. The Bertz CT molecular complexity index is 1030. The van der Waals surface area contributed by atoms with Crippen LogP contribution >= 0.6 is 11.6 Å². The van der Waals surface area contributed by atoms with E-state index in [9.17, 15) is 4.79 Å². The van der Waals surface area contributed by atoms with Gasteiger partial charge in [0.25, 0.3) is 5.91 Å². The molecular formula is C25H30ClN3O2. The number of carbonyl (C=O) groups is 1. The predicted octanol–water partition coefficient (Wildman–Crippen LogP) is 5.59. The highest BCUT2D eigenvalue weighted by atomic mass is 35.5. The molecule has 0 saturated carbocycles. The van der Waals surface area contributed by atoms with Crippen molar-refractivity contribution in [1.29, 1.82) is 0 Å². The molecule has 2 aromatic rings. The summed E-state index contributed by atoms with van der Waals surface area (Å²) in [5, 5.41) is 4.69. The zero-order valence-corrected chi connectivity index (χ0v) is 19.6. The summed E-state index contributed by atoms with van der Waals surface area (Å²) in [5.41, 5.74) is 8.29. The summed E-state index contributed by atoms with van der Waals surface area (Å²) in [6, 6.07) is 11.3. The highest BCUT2D eigenvalue weighted by Crippen LogP contribution is 2.40. The number of rotatable bonds is 7. The number of ether oxygens (including phenoxy) is 1. The number of benzene rings is 2. The smallest absolute Gasteiger partial charge is 0.277 e. The van der Waals surface area contributed by atoms with Gasteiger partial charge in [-0.2, -0.15) is 5.10 Å². The van der Waals surface area contributed by atoms with Crippen molar-refractivity contribution in [2.24, 2.45) is 5.10 Å². The standard InChI is InChI=1S/C25H30ClN3O2/c1-6-10-29-23-11-17(2)19(12-22(23)18(3)14-25(29,4)5)15-27-28-24(30)16-31-21-9-7-8-20(26)13-21/h7-9,11-15H,6,10,16H2,1-5H3,(H,28,30)/b27-15+. The monoisotopic (exact) mass is 439 g/mol. The summed E-state index contributed by atoms with van der Waals surface area (Å²) >= 11 is 5.92. The van der Waals surface area contributed by atoms with Crippen molar-refractivity contribution in [3.05, 3.63) is 64.2 Å². The van der Waals surface area contributed by atoms with E-state index >= 15 is 0 Å². The summed E-state index contributed by atoms with van der Waals surface area (Å²) in [6.07, 6.45) is 5.08. The van der Waals surface area contributed by atoms with E-state index in [2.05, 4.69) is 68.3 Å². The quantitative estimate of drug-likeness (QED) is 0.452. The molecule has 1 aliphatic heterocycles. The summed E-state index contributed by atoms with van der Waals surface area (Å²) < 4.78 is 5.43. The van der Waals surface area contributed by atoms with E-state index in [1.54, 1.807) is 30.5 Å². The van der Waals surface area contributed by atoms with Crippen LogP contribution in [-0.2, 0) is 4.79 Å². The molecule has 1 N–H and O–H groups in total. The first kappa shape index (κ1) is 22.9. The van der Waals surface area contributed by atoms with E-state index in [1.807, 2.05) is 0 Å². The van der Waals surface area contributed by atoms with Crippen LogP contribution < -0.4 is 15.1 Å². The van der Waals surface area contributed by atoms with Gasteiger partial charge < -0.3 is 9.64 Å². The van der Waals surface area contributed by atoms with Gasteiger partial charge in [0.1, 0.15) is 5.75 Å². The third-order valence-electron chi connectivity index (χ3n) is 5.37. The Morgan fingerprint density at radius 1 is 1.26 bits per heavy atom. The molecule has 1 amide bonds. The number of halogens is 1. The maximum absolute atomic E-state index is 12.0. The number of hydrogen-bond acceptors (Lipinski definition) is 4. The van der Waals surface area contributed by atoms with Gasteiger partial charge in [0, 0.05) is 22.8 Å². The summed E-state index contributed by atoms with van der Waals surface area (Å²) in [7, 11) is 0. The molecule has 3 rings (SSSR count). The highest BCUT2D eigenvalue weighted by molar-refractivity contribution is 6.30. The van der Waals surface area contributed by atoms with Crippen molar-refractivity contribution in [2.75, 3.05) is 18.1 Å². The lowest BCUT2D eigenvalue weighted by atomic mass is 9.87. The summed E-state index contributed by atoms with van der Waals surface area (Å²) in [5.74, 6) is 0.206. The Labute approximate surface area is 189 Å². The molecule has 5 nitrogen and oxygen atoms in total. The summed E-state index contributed by atoms with van der Waals surface area (Å²) in [4.78, 5) is 14.5. The minimum atomic E-state index is -0.334. The molecule has 0 radical (unpaired) electrons. The van der Waals surface area contributed by atoms with Crippen molar-refractivity contribution >= 4 is 35.0 Å². The number of hydrogen-bond donors (Lipinski definition) is 1. The van der Waals surface area contributed by atoms with Crippen molar-refractivity contribution in [1.82, 2.24) is 5.43 Å². The number of allylic oxidation sites excluding steroid dienone is 1. The predicted molar refractivity (Wildman–Crippen MR) is 129 cm³/mol. The average Bonchev–Trinajstić information content (AvgIpc) is 2.70. The van der Waals surface area contributed by atoms with E-state index in [4.69, 9.17) is 16.3 Å². The number of nitrogens with one attached hydrogen (secondary N) is 1. The molecule has 0 aliphatic carbocycles. The molecule has 0 spiro atoms. The fraction of sp³-hybridized carbons (Fsp3) is 0.360.